The van der Waals surface area contributed by atoms with E-state index in [-0.39, 0.29) is 5.75 Å². The Hall–Kier alpha value is -2.33. The summed E-state index contributed by atoms with van der Waals surface area (Å²) in [4.78, 5) is 16.7. The highest BCUT2D eigenvalue weighted by atomic mass is 35.5. The molecule has 0 atom stereocenters. The normalized spacial score (nSPS) is 10.4. The monoisotopic (exact) mass is 385 g/mol. The van der Waals surface area contributed by atoms with Crippen LogP contribution < -0.4 is 5.73 Å². The molecule has 1 aromatic carbocycles. The van der Waals surface area contributed by atoms with Gasteiger partial charge < -0.3 is 5.73 Å². The van der Waals surface area contributed by atoms with Crippen LogP contribution >= 0.6 is 34.7 Å². The molecule has 4 nitrogen and oxygen atoms in total. The van der Waals surface area contributed by atoms with Crippen LogP contribution in [0, 0.1) is 11.3 Å². The second kappa shape index (κ2) is 7.70. The van der Waals surface area contributed by atoms with Crippen LogP contribution in [0.2, 0.25) is 5.02 Å². The molecule has 0 saturated heterocycles. The zero-order chi connectivity index (χ0) is 17.8. The number of nitrogens with zero attached hydrogens (tertiary/aromatic N) is 2. The van der Waals surface area contributed by atoms with E-state index in [4.69, 9.17) is 17.3 Å². The molecule has 1 amide bonds. The van der Waals surface area contributed by atoms with Gasteiger partial charge in [0.25, 0.3) is 0 Å². The predicted molar refractivity (Wildman–Crippen MR) is 103 cm³/mol. The summed E-state index contributed by atoms with van der Waals surface area (Å²) in [6, 6.07) is 15.3. The number of aromatic nitrogens is 1. The third kappa shape index (κ3) is 4.02. The van der Waals surface area contributed by atoms with E-state index in [0.29, 0.717) is 21.3 Å². The molecule has 0 spiro atoms. The summed E-state index contributed by atoms with van der Waals surface area (Å²) < 4.78 is 0. The quantitative estimate of drug-likeness (QED) is 0.652. The fraction of sp³-hybridized carbons (Fsp3) is 0.0556. The van der Waals surface area contributed by atoms with E-state index in [9.17, 15) is 10.1 Å². The van der Waals surface area contributed by atoms with Crippen LogP contribution in [0.1, 0.15) is 5.56 Å². The number of nitriles is 1. The summed E-state index contributed by atoms with van der Waals surface area (Å²) in [6.07, 6.45) is 0. The van der Waals surface area contributed by atoms with Crippen molar-refractivity contribution in [1.29, 1.82) is 5.26 Å². The molecule has 25 heavy (non-hydrogen) atoms. The van der Waals surface area contributed by atoms with Crippen molar-refractivity contribution in [2.45, 2.75) is 5.03 Å². The molecule has 124 valence electrons. The van der Waals surface area contributed by atoms with Crippen LogP contribution in [0.15, 0.2) is 52.9 Å². The summed E-state index contributed by atoms with van der Waals surface area (Å²) >= 11 is 8.68. The summed E-state index contributed by atoms with van der Waals surface area (Å²) in [5.74, 6) is -0.388. The molecule has 0 fully saturated rings. The number of benzene rings is 1. The van der Waals surface area contributed by atoms with Crippen molar-refractivity contribution < 1.29 is 4.79 Å². The Bertz CT molecular complexity index is 948. The van der Waals surface area contributed by atoms with Gasteiger partial charge in [0.05, 0.1) is 17.0 Å². The number of rotatable bonds is 5. The van der Waals surface area contributed by atoms with Gasteiger partial charge in [-0.3, -0.25) is 4.79 Å². The average Bonchev–Trinajstić information content (AvgIpc) is 3.14. The van der Waals surface area contributed by atoms with Crippen LogP contribution in [-0.2, 0) is 4.79 Å². The van der Waals surface area contributed by atoms with Gasteiger partial charge >= 0.3 is 0 Å². The first-order chi connectivity index (χ1) is 12.1. The van der Waals surface area contributed by atoms with Crippen LogP contribution in [-0.4, -0.2) is 16.6 Å². The van der Waals surface area contributed by atoms with E-state index >= 15 is 0 Å². The number of halogens is 1. The maximum atomic E-state index is 11.2. The van der Waals surface area contributed by atoms with Crippen molar-refractivity contribution in [3.8, 4) is 27.8 Å². The lowest BCUT2D eigenvalue weighted by atomic mass is 10.0. The lowest BCUT2D eigenvalue weighted by Gasteiger charge is -2.11. The minimum Gasteiger partial charge on any atom is -0.369 e. The number of pyridine rings is 1. The molecule has 2 N–H and O–H groups in total. The van der Waals surface area contributed by atoms with Crippen LogP contribution in [0.3, 0.4) is 0 Å². The maximum absolute atomic E-state index is 11.2. The number of carbonyl (C=O) groups is 1. The van der Waals surface area contributed by atoms with E-state index in [2.05, 4.69) is 11.1 Å². The van der Waals surface area contributed by atoms with Crippen molar-refractivity contribution in [2.24, 2.45) is 5.73 Å². The van der Waals surface area contributed by atoms with Crippen LogP contribution in [0.5, 0.6) is 0 Å². The molecule has 0 aliphatic carbocycles. The smallest absolute Gasteiger partial charge is 0.227 e. The SMILES string of the molecule is N#Cc1c(-c2cccs2)cc(-c2ccc(Cl)cc2)nc1SCC(N)=O. The van der Waals surface area contributed by atoms with Crippen molar-refractivity contribution in [1.82, 2.24) is 4.98 Å². The minimum atomic E-state index is -0.453. The molecule has 3 aromatic rings. The fourth-order valence-electron chi connectivity index (χ4n) is 2.27. The summed E-state index contributed by atoms with van der Waals surface area (Å²) in [5.41, 5.74) is 8.09. The molecule has 0 saturated carbocycles. The standard InChI is InChI=1S/C18H12ClN3OS2/c19-12-5-3-11(4-6-12)15-8-13(16-2-1-7-24-16)14(9-20)18(22-15)25-10-17(21)23/h1-8H,10H2,(H2,21,23). The van der Waals surface area contributed by atoms with Crippen LogP contribution in [0.4, 0.5) is 0 Å². The van der Waals surface area contributed by atoms with Gasteiger partial charge in [0.1, 0.15) is 11.1 Å². The number of thiophene rings is 1. The second-order valence-corrected chi connectivity index (χ2v) is 7.43. The Morgan fingerprint density at radius 2 is 2.08 bits per heavy atom. The first kappa shape index (κ1) is 17.5. The Morgan fingerprint density at radius 3 is 2.68 bits per heavy atom. The molecular weight excluding hydrogens is 374 g/mol. The molecule has 2 aromatic heterocycles. The topological polar surface area (TPSA) is 79.8 Å². The van der Waals surface area contributed by atoms with Gasteiger partial charge in [-0.1, -0.05) is 41.6 Å². The van der Waals surface area contributed by atoms with Crippen molar-refractivity contribution in [2.75, 3.05) is 5.75 Å². The van der Waals surface area contributed by atoms with E-state index in [1.807, 2.05) is 35.7 Å². The van der Waals surface area contributed by atoms with E-state index in [1.165, 1.54) is 11.8 Å². The first-order valence-corrected chi connectivity index (χ1v) is 9.49. The number of primary amides is 1. The van der Waals surface area contributed by atoms with Crippen molar-refractivity contribution >= 4 is 40.6 Å². The predicted octanol–water partition coefficient (Wildman–Crippen LogP) is 4.58. The highest BCUT2D eigenvalue weighted by Crippen LogP contribution is 2.36. The lowest BCUT2D eigenvalue weighted by molar-refractivity contribution is -0.115. The molecule has 0 radical (unpaired) electrons. The van der Waals surface area contributed by atoms with Gasteiger partial charge in [-0.05, 0) is 29.6 Å². The van der Waals surface area contributed by atoms with E-state index in [0.717, 1.165) is 16.0 Å². The molecule has 2 heterocycles. The van der Waals surface area contributed by atoms with Gasteiger partial charge in [0, 0.05) is 21.0 Å². The highest BCUT2D eigenvalue weighted by Gasteiger charge is 2.17. The minimum absolute atomic E-state index is 0.0651. The number of nitrogens with two attached hydrogens (primary N) is 1. The summed E-state index contributed by atoms with van der Waals surface area (Å²) in [7, 11) is 0. The van der Waals surface area contributed by atoms with Crippen molar-refractivity contribution in [3.63, 3.8) is 0 Å². The highest BCUT2D eigenvalue weighted by molar-refractivity contribution is 8.00. The molecule has 3 rings (SSSR count). The Kier molecular flexibility index (Phi) is 5.39. The molecule has 0 unspecified atom stereocenters. The third-order valence-electron chi connectivity index (χ3n) is 3.38. The van der Waals surface area contributed by atoms with Crippen LogP contribution in [0.25, 0.3) is 21.7 Å². The maximum Gasteiger partial charge on any atom is 0.227 e. The number of hydrogen-bond acceptors (Lipinski definition) is 5. The zero-order valence-electron chi connectivity index (χ0n) is 12.9. The summed E-state index contributed by atoms with van der Waals surface area (Å²) in [5, 5.41) is 12.7. The summed E-state index contributed by atoms with van der Waals surface area (Å²) in [6.45, 7) is 0. The molecule has 0 bridgehead atoms. The van der Waals surface area contributed by atoms with Gasteiger partial charge in [-0.2, -0.15) is 5.26 Å². The van der Waals surface area contributed by atoms with E-state index < -0.39 is 5.91 Å². The van der Waals surface area contributed by atoms with Gasteiger partial charge in [-0.25, -0.2) is 4.98 Å². The zero-order valence-corrected chi connectivity index (χ0v) is 15.3. The van der Waals surface area contributed by atoms with Gasteiger partial charge in [-0.15, -0.1) is 11.3 Å². The third-order valence-corrected chi connectivity index (χ3v) is 5.53. The fourth-order valence-corrected chi connectivity index (χ4v) is 3.88. The van der Waals surface area contributed by atoms with Gasteiger partial charge in [0.2, 0.25) is 5.91 Å². The molecule has 0 aliphatic heterocycles. The first-order valence-electron chi connectivity index (χ1n) is 7.24. The Balaban J connectivity index is 2.17. The molecular formula is C18H12ClN3OS2. The molecule has 0 aliphatic rings. The Labute approximate surface area is 158 Å². The largest absolute Gasteiger partial charge is 0.369 e. The number of thioether (sulfide) groups is 1. The number of hydrogen-bond donors (Lipinski definition) is 1. The molecule has 7 heteroatoms. The Morgan fingerprint density at radius 1 is 1.32 bits per heavy atom. The lowest BCUT2D eigenvalue weighted by Crippen LogP contribution is -2.13. The van der Waals surface area contributed by atoms with E-state index in [1.54, 1.807) is 23.5 Å². The van der Waals surface area contributed by atoms with Crippen molar-refractivity contribution in [3.05, 3.63) is 58.4 Å². The number of carbonyl (C=O) groups excluding carboxylic acids is 1. The van der Waals surface area contributed by atoms with Gasteiger partial charge in [0.15, 0.2) is 0 Å². The number of amides is 1. The second-order valence-electron chi connectivity index (χ2n) is 5.09. The average molecular weight is 386 g/mol.